The van der Waals surface area contributed by atoms with E-state index in [1.165, 1.54) is 21.8 Å². The lowest BCUT2D eigenvalue weighted by Crippen LogP contribution is -2.46. The lowest BCUT2D eigenvalue weighted by molar-refractivity contribution is 0.0526. The number of para-hydroxylation sites is 3. The van der Waals surface area contributed by atoms with E-state index in [0.29, 0.717) is 30.7 Å². The van der Waals surface area contributed by atoms with E-state index in [1.54, 1.807) is 7.11 Å². The number of nitrogens with one attached hydrogen (secondary N) is 1. The second kappa shape index (κ2) is 12.1. The molecule has 44 heavy (non-hydrogen) atoms. The highest BCUT2D eigenvalue weighted by molar-refractivity contribution is 6.09. The number of hydrogen-bond donors (Lipinski definition) is 1. The van der Waals surface area contributed by atoms with Crippen LogP contribution in [0.15, 0.2) is 97.1 Å². The third-order valence-electron chi connectivity index (χ3n) is 8.28. The number of alkyl carbamates (subject to hydrolysis) is 1. The molecule has 1 aliphatic rings. The SMILES string of the molecule is COc1ccc(C(=O)N2c3ccccc3C(n3c4ccccc4c4ccccc43)CC2CCCNC(=O)OC(C)(C)C)cc1. The number of amides is 2. The summed E-state index contributed by atoms with van der Waals surface area (Å²) in [5.41, 5.74) is 4.42. The molecule has 0 bridgehead atoms. The first-order chi connectivity index (χ1) is 21.2. The molecule has 7 heteroatoms. The summed E-state index contributed by atoms with van der Waals surface area (Å²) in [6.45, 7) is 6.01. The molecule has 0 saturated carbocycles. The Bertz CT molecular complexity index is 1750. The van der Waals surface area contributed by atoms with Crippen LogP contribution in [0.4, 0.5) is 10.5 Å². The number of methoxy groups -OCH3 is 1. The van der Waals surface area contributed by atoms with Gasteiger partial charge in [-0.05, 0) is 88.1 Å². The van der Waals surface area contributed by atoms with Crippen LogP contribution in [0.3, 0.4) is 0 Å². The number of benzene rings is 4. The Labute approximate surface area is 258 Å². The Morgan fingerprint density at radius 1 is 0.841 bits per heavy atom. The number of anilines is 1. The number of carbonyl (C=O) groups is 2. The highest BCUT2D eigenvalue weighted by Gasteiger charge is 2.38. The Morgan fingerprint density at radius 2 is 1.45 bits per heavy atom. The molecule has 0 fully saturated rings. The van der Waals surface area contributed by atoms with Gasteiger partial charge in [0.05, 0.1) is 13.2 Å². The van der Waals surface area contributed by atoms with Gasteiger partial charge in [-0.25, -0.2) is 4.79 Å². The van der Waals surface area contributed by atoms with E-state index in [0.717, 1.165) is 17.7 Å². The first-order valence-corrected chi connectivity index (χ1v) is 15.3. The van der Waals surface area contributed by atoms with Crippen molar-refractivity contribution in [2.75, 3.05) is 18.6 Å². The fourth-order valence-corrected chi connectivity index (χ4v) is 6.45. The third-order valence-corrected chi connectivity index (χ3v) is 8.28. The van der Waals surface area contributed by atoms with Gasteiger partial charge in [0.1, 0.15) is 11.4 Å². The molecule has 0 saturated heterocycles. The summed E-state index contributed by atoms with van der Waals surface area (Å²) in [6.07, 6.45) is 1.70. The molecule has 4 aromatic carbocycles. The maximum atomic E-state index is 14.3. The van der Waals surface area contributed by atoms with Crippen molar-refractivity contribution in [3.8, 4) is 5.75 Å². The number of hydrogen-bond acceptors (Lipinski definition) is 4. The first kappa shape index (κ1) is 29.3. The van der Waals surface area contributed by atoms with Gasteiger partial charge in [0, 0.05) is 45.6 Å². The zero-order valence-corrected chi connectivity index (χ0v) is 25.7. The lowest BCUT2D eigenvalue weighted by Gasteiger charge is -2.42. The molecule has 1 aliphatic heterocycles. The highest BCUT2D eigenvalue weighted by Crippen LogP contribution is 2.45. The number of carbonyl (C=O) groups excluding carboxylic acids is 2. The quantitative estimate of drug-likeness (QED) is 0.195. The van der Waals surface area contributed by atoms with Crippen molar-refractivity contribution in [1.82, 2.24) is 9.88 Å². The van der Waals surface area contributed by atoms with E-state index in [9.17, 15) is 9.59 Å². The van der Waals surface area contributed by atoms with Gasteiger partial charge in [0.2, 0.25) is 0 Å². The summed E-state index contributed by atoms with van der Waals surface area (Å²) in [5, 5.41) is 5.33. The average molecular weight is 590 g/mol. The second-order valence-corrected chi connectivity index (χ2v) is 12.3. The monoisotopic (exact) mass is 589 g/mol. The molecular formula is C37H39N3O4. The van der Waals surface area contributed by atoms with E-state index < -0.39 is 11.7 Å². The molecular weight excluding hydrogens is 550 g/mol. The Balaban J connectivity index is 1.40. The van der Waals surface area contributed by atoms with E-state index >= 15 is 0 Å². The molecule has 2 heterocycles. The predicted molar refractivity (Wildman–Crippen MR) is 176 cm³/mol. The number of nitrogens with zero attached hydrogens (tertiary/aromatic N) is 2. The number of rotatable bonds is 7. The standard InChI is InChI=1S/C37H39N3O4/c1-37(2,3)44-36(42)38-23-11-12-26-24-34(40-31-16-8-5-13-28(31)29-14-6-9-17-32(29)40)30-15-7-10-18-33(30)39(26)35(41)25-19-21-27(43-4)22-20-25/h5-10,13-22,26,34H,11-12,23-24H2,1-4H3,(H,38,42). The minimum absolute atomic E-state index is 0.0136. The van der Waals surface area contributed by atoms with Crippen LogP contribution < -0.4 is 15.0 Å². The summed E-state index contributed by atoms with van der Waals surface area (Å²) >= 11 is 0. The number of aromatic nitrogens is 1. The summed E-state index contributed by atoms with van der Waals surface area (Å²) in [6, 6.07) is 32.6. The summed E-state index contributed by atoms with van der Waals surface area (Å²) in [4.78, 5) is 28.6. The van der Waals surface area contributed by atoms with Gasteiger partial charge in [0.25, 0.3) is 5.91 Å². The van der Waals surface area contributed by atoms with E-state index in [4.69, 9.17) is 9.47 Å². The van der Waals surface area contributed by atoms with Gasteiger partial charge in [-0.1, -0.05) is 54.6 Å². The zero-order chi connectivity index (χ0) is 30.8. The normalized spacial score (nSPS) is 16.5. The van der Waals surface area contributed by atoms with Crippen LogP contribution >= 0.6 is 0 Å². The molecule has 1 aromatic heterocycles. The van der Waals surface area contributed by atoms with Crippen molar-refractivity contribution in [2.45, 2.75) is 57.7 Å². The van der Waals surface area contributed by atoms with Crippen LogP contribution in [0.5, 0.6) is 5.75 Å². The summed E-state index contributed by atoms with van der Waals surface area (Å²) < 4.78 is 13.2. The molecule has 1 N–H and O–H groups in total. The summed E-state index contributed by atoms with van der Waals surface area (Å²) in [7, 11) is 1.62. The highest BCUT2D eigenvalue weighted by atomic mass is 16.6. The number of ether oxygens (including phenoxy) is 2. The fourth-order valence-electron chi connectivity index (χ4n) is 6.45. The number of fused-ring (bicyclic) bond motifs is 4. The van der Waals surface area contributed by atoms with Crippen molar-refractivity contribution >= 4 is 39.5 Å². The minimum atomic E-state index is -0.561. The maximum absolute atomic E-state index is 14.3. The molecule has 6 rings (SSSR count). The Morgan fingerprint density at radius 3 is 2.09 bits per heavy atom. The van der Waals surface area contributed by atoms with Crippen molar-refractivity contribution in [3.05, 3.63) is 108 Å². The average Bonchev–Trinajstić information content (AvgIpc) is 3.36. The molecule has 2 amide bonds. The van der Waals surface area contributed by atoms with Crippen LogP contribution in [0.1, 0.15) is 62.0 Å². The first-order valence-electron chi connectivity index (χ1n) is 15.3. The van der Waals surface area contributed by atoms with Crippen LogP contribution in [-0.4, -0.2) is 41.9 Å². The molecule has 226 valence electrons. The van der Waals surface area contributed by atoms with Crippen LogP contribution in [0.25, 0.3) is 21.8 Å². The fraction of sp³-hybridized carbons (Fsp3) is 0.297. The topological polar surface area (TPSA) is 72.8 Å². The van der Waals surface area contributed by atoms with Crippen LogP contribution in [-0.2, 0) is 4.74 Å². The Hall–Kier alpha value is -4.78. The smallest absolute Gasteiger partial charge is 0.407 e. The van der Waals surface area contributed by atoms with Crippen molar-refractivity contribution in [1.29, 1.82) is 0 Å². The van der Waals surface area contributed by atoms with Gasteiger partial charge < -0.3 is 24.3 Å². The second-order valence-electron chi connectivity index (χ2n) is 12.3. The molecule has 7 nitrogen and oxygen atoms in total. The third kappa shape index (κ3) is 5.74. The summed E-state index contributed by atoms with van der Waals surface area (Å²) in [5.74, 6) is 0.655. The molecule has 5 aromatic rings. The minimum Gasteiger partial charge on any atom is -0.497 e. The van der Waals surface area contributed by atoms with Crippen molar-refractivity contribution in [2.24, 2.45) is 0 Å². The molecule has 0 spiro atoms. The van der Waals surface area contributed by atoms with E-state index in [2.05, 4.69) is 76.6 Å². The van der Waals surface area contributed by atoms with E-state index in [1.807, 2.05) is 56.0 Å². The van der Waals surface area contributed by atoms with Gasteiger partial charge in [-0.2, -0.15) is 0 Å². The zero-order valence-electron chi connectivity index (χ0n) is 25.7. The van der Waals surface area contributed by atoms with E-state index in [-0.39, 0.29) is 18.0 Å². The van der Waals surface area contributed by atoms with Crippen LogP contribution in [0, 0.1) is 0 Å². The molecule has 0 radical (unpaired) electrons. The van der Waals surface area contributed by atoms with Gasteiger partial charge in [-0.3, -0.25) is 4.79 Å². The van der Waals surface area contributed by atoms with Crippen molar-refractivity contribution in [3.63, 3.8) is 0 Å². The predicted octanol–water partition coefficient (Wildman–Crippen LogP) is 8.12. The molecule has 2 unspecified atom stereocenters. The molecule has 0 aliphatic carbocycles. The molecule has 2 atom stereocenters. The van der Waals surface area contributed by atoms with Crippen molar-refractivity contribution < 1.29 is 19.1 Å². The van der Waals surface area contributed by atoms with Crippen LogP contribution in [0.2, 0.25) is 0 Å². The van der Waals surface area contributed by atoms with Gasteiger partial charge >= 0.3 is 6.09 Å². The maximum Gasteiger partial charge on any atom is 0.407 e. The Kier molecular flexibility index (Phi) is 8.04. The van der Waals surface area contributed by atoms with Gasteiger partial charge in [0.15, 0.2) is 0 Å². The lowest BCUT2D eigenvalue weighted by atomic mass is 9.87. The largest absolute Gasteiger partial charge is 0.497 e. The van der Waals surface area contributed by atoms with Gasteiger partial charge in [-0.15, -0.1) is 0 Å².